The van der Waals surface area contributed by atoms with Crippen LogP contribution in [0.3, 0.4) is 0 Å². The van der Waals surface area contributed by atoms with Gasteiger partial charge in [-0.05, 0) is 48.1 Å². The van der Waals surface area contributed by atoms with Crippen LogP contribution in [0.15, 0.2) is 41.5 Å². The molecule has 158 valence electrons. The predicted molar refractivity (Wildman–Crippen MR) is 121 cm³/mol. The van der Waals surface area contributed by atoms with Crippen LogP contribution < -0.4 is 5.84 Å². The molecular formula is C23H33N3O2S. The summed E-state index contributed by atoms with van der Waals surface area (Å²) >= 11 is 0. The van der Waals surface area contributed by atoms with Crippen molar-refractivity contribution < 1.29 is 8.42 Å². The van der Waals surface area contributed by atoms with Crippen LogP contribution in [-0.4, -0.2) is 25.1 Å². The molecule has 2 aliphatic rings. The van der Waals surface area contributed by atoms with Crippen LogP contribution in [0.1, 0.15) is 74.5 Å². The number of rotatable bonds is 4. The van der Waals surface area contributed by atoms with E-state index in [1.807, 2.05) is 36.4 Å². The Labute approximate surface area is 175 Å². The van der Waals surface area contributed by atoms with Gasteiger partial charge in [0.2, 0.25) is 10.0 Å². The number of benzene rings is 1. The minimum Gasteiger partial charge on any atom is -0.265 e. The summed E-state index contributed by atoms with van der Waals surface area (Å²) < 4.78 is 27.3. The molecule has 0 spiro atoms. The minimum absolute atomic E-state index is 0.0692. The molecule has 0 bridgehead atoms. The Hall–Kier alpha value is -1.76. The smallest absolute Gasteiger partial charge is 0.231 e. The van der Waals surface area contributed by atoms with Gasteiger partial charge in [0.05, 0.1) is 5.75 Å². The first kappa shape index (κ1) is 21.9. The van der Waals surface area contributed by atoms with E-state index in [1.165, 1.54) is 36.5 Å². The number of hydrogen-bond donors (Lipinski definition) is 1. The van der Waals surface area contributed by atoms with Crippen LogP contribution in [0.5, 0.6) is 0 Å². The molecule has 29 heavy (non-hydrogen) atoms. The SMILES string of the molecule is NN(C1CCCCCCCCC1)S(=O)(=O)Cc1ccc2c(c1)C=CN=CC=CC2. The van der Waals surface area contributed by atoms with Gasteiger partial charge >= 0.3 is 0 Å². The summed E-state index contributed by atoms with van der Waals surface area (Å²) in [5, 5.41) is 0. The number of fused-ring (bicyclic) bond motifs is 1. The van der Waals surface area contributed by atoms with Crippen molar-refractivity contribution in [1.29, 1.82) is 0 Å². The number of allylic oxidation sites excluding steroid dienone is 2. The number of aliphatic imine (C=N–C) groups is 1. The lowest BCUT2D eigenvalue weighted by Gasteiger charge is -2.28. The maximum atomic E-state index is 13.0. The van der Waals surface area contributed by atoms with Gasteiger partial charge in [0.25, 0.3) is 0 Å². The van der Waals surface area contributed by atoms with E-state index >= 15 is 0 Å². The molecule has 0 saturated heterocycles. The van der Waals surface area contributed by atoms with Gasteiger partial charge in [-0.25, -0.2) is 8.42 Å². The fraction of sp³-hybridized carbons (Fsp3) is 0.522. The molecule has 1 aromatic carbocycles. The molecule has 5 nitrogen and oxygen atoms in total. The zero-order chi connectivity index (χ0) is 20.5. The van der Waals surface area contributed by atoms with Gasteiger partial charge in [-0.15, -0.1) is 4.41 Å². The molecule has 1 aromatic rings. The van der Waals surface area contributed by atoms with E-state index in [0.29, 0.717) is 0 Å². The molecule has 0 aromatic heterocycles. The second kappa shape index (κ2) is 10.9. The van der Waals surface area contributed by atoms with Gasteiger partial charge in [0.1, 0.15) is 0 Å². The molecule has 0 unspecified atom stereocenters. The number of sulfonamides is 1. The van der Waals surface area contributed by atoms with Gasteiger partial charge in [-0.2, -0.15) is 0 Å². The lowest BCUT2D eigenvalue weighted by Crippen LogP contribution is -2.46. The molecule has 1 aliphatic heterocycles. The average Bonchev–Trinajstić information content (AvgIpc) is 2.82. The third-order valence-electron chi connectivity index (χ3n) is 5.80. The summed E-state index contributed by atoms with van der Waals surface area (Å²) in [6.07, 6.45) is 20.1. The second-order valence-electron chi connectivity index (χ2n) is 8.07. The molecular weight excluding hydrogens is 382 g/mol. The largest absolute Gasteiger partial charge is 0.265 e. The molecule has 6 heteroatoms. The van der Waals surface area contributed by atoms with Crippen molar-refractivity contribution in [2.75, 3.05) is 0 Å². The van der Waals surface area contributed by atoms with Crippen molar-refractivity contribution in [2.24, 2.45) is 10.8 Å². The van der Waals surface area contributed by atoms with E-state index in [0.717, 1.165) is 48.8 Å². The Morgan fingerprint density at radius 3 is 2.45 bits per heavy atom. The highest BCUT2D eigenvalue weighted by molar-refractivity contribution is 7.88. The van der Waals surface area contributed by atoms with E-state index < -0.39 is 10.0 Å². The van der Waals surface area contributed by atoms with Crippen LogP contribution in [0.4, 0.5) is 0 Å². The summed E-state index contributed by atoms with van der Waals surface area (Å²) in [6.45, 7) is 0. The van der Waals surface area contributed by atoms with E-state index in [4.69, 9.17) is 5.84 Å². The third kappa shape index (κ3) is 6.63. The second-order valence-corrected chi connectivity index (χ2v) is 9.95. The Morgan fingerprint density at radius 2 is 1.72 bits per heavy atom. The molecule has 1 heterocycles. The highest BCUT2D eigenvalue weighted by atomic mass is 32.2. The summed E-state index contributed by atoms with van der Waals surface area (Å²) in [5.41, 5.74) is 2.92. The van der Waals surface area contributed by atoms with Crippen LogP contribution >= 0.6 is 0 Å². The highest BCUT2D eigenvalue weighted by Crippen LogP contribution is 2.23. The molecule has 1 fully saturated rings. The van der Waals surface area contributed by atoms with Gasteiger partial charge < -0.3 is 0 Å². The Balaban J connectivity index is 1.72. The normalized spacial score (nSPS) is 19.4. The van der Waals surface area contributed by atoms with Crippen molar-refractivity contribution >= 4 is 22.3 Å². The summed E-state index contributed by atoms with van der Waals surface area (Å²) in [6, 6.07) is 5.76. The van der Waals surface area contributed by atoms with Crippen molar-refractivity contribution in [3.05, 3.63) is 53.2 Å². The Kier molecular flexibility index (Phi) is 8.21. The summed E-state index contributed by atoms with van der Waals surface area (Å²) in [5.74, 6) is 6.12. The quantitative estimate of drug-likeness (QED) is 0.570. The van der Waals surface area contributed by atoms with Crippen LogP contribution in [-0.2, 0) is 22.2 Å². The number of hydrazine groups is 1. The molecule has 0 radical (unpaired) electrons. The minimum atomic E-state index is -3.57. The van der Waals surface area contributed by atoms with Crippen molar-refractivity contribution in [3.63, 3.8) is 0 Å². The van der Waals surface area contributed by atoms with Gasteiger partial charge in [0.15, 0.2) is 0 Å². The van der Waals surface area contributed by atoms with E-state index in [2.05, 4.69) is 4.99 Å². The fourth-order valence-corrected chi connectivity index (χ4v) is 5.52. The molecule has 0 atom stereocenters. The Bertz CT molecular complexity index is 849. The molecule has 3 rings (SSSR count). The zero-order valence-electron chi connectivity index (χ0n) is 17.2. The van der Waals surface area contributed by atoms with Crippen LogP contribution in [0.25, 0.3) is 6.08 Å². The monoisotopic (exact) mass is 415 g/mol. The molecule has 1 aliphatic carbocycles. The standard InChI is InChI=1S/C23H33N3O2S/c24-26(23-11-6-4-2-1-3-5-7-12-23)29(27,28)19-20-13-14-21-10-8-9-16-25-17-15-22(21)18-20/h8-9,13-18,23H,1-7,10-12,19,24H2. The zero-order valence-corrected chi connectivity index (χ0v) is 18.0. The Morgan fingerprint density at radius 1 is 1.03 bits per heavy atom. The number of nitrogens with two attached hydrogens (primary N) is 1. The van der Waals surface area contributed by atoms with Crippen molar-refractivity contribution in [2.45, 2.75) is 76.0 Å². The number of hydrogen-bond acceptors (Lipinski definition) is 4. The lowest BCUT2D eigenvalue weighted by molar-refractivity contribution is 0.277. The van der Waals surface area contributed by atoms with Crippen molar-refractivity contribution in [1.82, 2.24) is 4.41 Å². The topological polar surface area (TPSA) is 75.8 Å². The third-order valence-corrected chi connectivity index (χ3v) is 7.44. The van der Waals surface area contributed by atoms with Crippen LogP contribution in [0, 0.1) is 0 Å². The lowest BCUT2D eigenvalue weighted by atomic mass is 9.98. The van der Waals surface area contributed by atoms with Gasteiger partial charge in [-0.3, -0.25) is 10.8 Å². The molecule has 1 saturated carbocycles. The van der Waals surface area contributed by atoms with Crippen LogP contribution in [0.2, 0.25) is 0 Å². The molecule has 2 N–H and O–H groups in total. The fourth-order valence-electron chi connectivity index (χ4n) is 4.11. The molecule has 0 amide bonds. The summed E-state index contributed by atoms with van der Waals surface area (Å²) in [4.78, 5) is 4.18. The van der Waals surface area contributed by atoms with Gasteiger partial charge in [-0.1, -0.05) is 69.2 Å². The van der Waals surface area contributed by atoms with Crippen molar-refractivity contribution in [3.8, 4) is 0 Å². The predicted octanol–water partition coefficient (Wildman–Crippen LogP) is 4.74. The maximum Gasteiger partial charge on any atom is 0.231 e. The van der Waals surface area contributed by atoms with Gasteiger partial charge in [0, 0.05) is 18.5 Å². The average molecular weight is 416 g/mol. The maximum absolute atomic E-state index is 13.0. The van der Waals surface area contributed by atoms with E-state index in [-0.39, 0.29) is 11.8 Å². The first-order chi connectivity index (χ1) is 14.1. The summed E-state index contributed by atoms with van der Waals surface area (Å²) in [7, 11) is -3.57. The highest BCUT2D eigenvalue weighted by Gasteiger charge is 2.27. The van der Waals surface area contributed by atoms with E-state index in [1.54, 1.807) is 12.4 Å². The first-order valence-corrected chi connectivity index (χ1v) is 12.4. The number of nitrogens with zero attached hydrogens (tertiary/aromatic N) is 2. The first-order valence-electron chi connectivity index (χ1n) is 10.8. The van der Waals surface area contributed by atoms with E-state index in [9.17, 15) is 8.42 Å².